The summed E-state index contributed by atoms with van der Waals surface area (Å²) in [5.74, 6) is -1.28. The summed E-state index contributed by atoms with van der Waals surface area (Å²) < 4.78 is 51.5. The minimum Gasteiger partial charge on any atom is -0.380 e. The van der Waals surface area contributed by atoms with Crippen molar-refractivity contribution in [3.8, 4) is 0 Å². The molecule has 2 aromatic rings. The molecule has 2 aromatic carbocycles. The Morgan fingerprint density at radius 3 is 2.44 bits per heavy atom. The Labute approximate surface area is 197 Å². The molecule has 4 rings (SSSR count). The lowest BCUT2D eigenvalue weighted by Gasteiger charge is -2.24. The summed E-state index contributed by atoms with van der Waals surface area (Å²) >= 11 is 0. The summed E-state index contributed by atoms with van der Waals surface area (Å²) in [7, 11) is -2.20. The van der Waals surface area contributed by atoms with Crippen LogP contribution in [0.4, 0.5) is 10.1 Å². The van der Waals surface area contributed by atoms with E-state index >= 15 is 0 Å². The predicted octanol–water partition coefficient (Wildman–Crippen LogP) is 1.76. The fourth-order valence-electron chi connectivity index (χ4n) is 4.06. The van der Waals surface area contributed by atoms with Crippen molar-refractivity contribution in [2.24, 2.45) is 0 Å². The third-order valence-electron chi connectivity index (χ3n) is 5.93. The van der Waals surface area contributed by atoms with Crippen molar-refractivity contribution < 1.29 is 31.9 Å². The highest BCUT2D eigenvalue weighted by Gasteiger charge is 2.40. The molecule has 2 heterocycles. The number of nitrogens with one attached hydrogen (secondary N) is 2. The first kappa shape index (κ1) is 24.3. The van der Waals surface area contributed by atoms with Gasteiger partial charge in [-0.05, 0) is 55.0 Å². The summed E-state index contributed by atoms with van der Waals surface area (Å²) in [6, 6.07) is 9.87. The largest absolute Gasteiger partial charge is 0.380 e. The second-order valence-corrected chi connectivity index (χ2v) is 9.98. The highest BCUT2D eigenvalue weighted by molar-refractivity contribution is 7.89. The number of likely N-dealkylation sites (tertiary alicyclic amines) is 1. The zero-order valence-electron chi connectivity index (χ0n) is 18.6. The number of amides is 2. The number of rotatable bonds is 7. The fraction of sp³-hybridized carbons (Fsp3) is 0.391. The van der Waals surface area contributed by atoms with Gasteiger partial charge in [0.25, 0.3) is 5.91 Å². The molecule has 2 N–H and O–H groups in total. The van der Waals surface area contributed by atoms with Crippen molar-refractivity contribution in [2.45, 2.75) is 35.9 Å². The Hall–Kier alpha value is -2.86. The van der Waals surface area contributed by atoms with E-state index in [2.05, 4.69) is 10.0 Å². The number of benzene rings is 2. The molecular formula is C23H26FN3O6S. The normalized spacial score (nSPS) is 22.6. The van der Waals surface area contributed by atoms with Crippen LogP contribution in [0.15, 0.2) is 53.4 Å². The number of hydrogen-bond acceptors (Lipinski definition) is 6. The summed E-state index contributed by atoms with van der Waals surface area (Å²) in [4.78, 5) is 27.5. The van der Waals surface area contributed by atoms with Crippen LogP contribution >= 0.6 is 0 Å². The maximum absolute atomic E-state index is 13.2. The molecule has 2 aliphatic rings. The Kier molecular flexibility index (Phi) is 7.27. The SMILES string of the molecule is CO[C@H]1C[C@@H](C(=O)Nc2ccc(S(=O)(=O)N[C@@H]3CCOC3)cc2)N(C(=O)c2ccc(F)cc2)C1. The van der Waals surface area contributed by atoms with Crippen LogP contribution < -0.4 is 10.0 Å². The monoisotopic (exact) mass is 491 g/mol. The molecule has 2 aliphatic heterocycles. The highest BCUT2D eigenvalue weighted by atomic mass is 32.2. The molecule has 182 valence electrons. The van der Waals surface area contributed by atoms with E-state index in [0.717, 1.165) is 0 Å². The lowest BCUT2D eigenvalue weighted by molar-refractivity contribution is -0.119. The van der Waals surface area contributed by atoms with Crippen molar-refractivity contribution in [1.29, 1.82) is 0 Å². The molecule has 0 unspecified atom stereocenters. The number of nitrogens with zero attached hydrogens (tertiary/aromatic N) is 1. The molecule has 3 atom stereocenters. The van der Waals surface area contributed by atoms with E-state index in [1.54, 1.807) is 0 Å². The van der Waals surface area contributed by atoms with Crippen LogP contribution in [0.1, 0.15) is 23.2 Å². The van der Waals surface area contributed by atoms with E-state index < -0.39 is 33.7 Å². The van der Waals surface area contributed by atoms with Crippen LogP contribution in [0, 0.1) is 5.82 Å². The van der Waals surface area contributed by atoms with Crippen molar-refractivity contribution in [3.63, 3.8) is 0 Å². The standard InChI is InChI=1S/C23H26FN3O6S/c1-32-19-12-21(27(13-19)23(29)15-2-4-16(24)5-3-15)22(28)25-17-6-8-20(9-7-17)34(30,31)26-18-10-11-33-14-18/h2-9,18-19,21,26H,10-14H2,1H3,(H,25,28)/t18-,19+,21+/m1/s1. The Bertz CT molecular complexity index is 1130. The molecule has 2 amide bonds. The zero-order valence-corrected chi connectivity index (χ0v) is 19.4. The number of sulfonamides is 1. The smallest absolute Gasteiger partial charge is 0.254 e. The van der Waals surface area contributed by atoms with Crippen molar-refractivity contribution in [1.82, 2.24) is 9.62 Å². The summed E-state index contributed by atoms with van der Waals surface area (Å²) in [5.41, 5.74) is 0.661. The molecule has 0 spiro atoms. The number of carbonyl (C=O) groups excluding carboxylic acids is 2. The minimum absolute atomic E-state index is 0.0748. The molecule has 0 aromatic heterocycles. The lowest BCUT2D eigenvalue weighted by atomic mass is 10.1. The molecule has 0 bridgehead atoms. The van der Waals surface area contributed by atoms with E-state index in [4.69, 9.17) is 9.47 Å². The average molecular weight is 492 g/mol. The second-order valence-electron chi connectivity index (χ2n) is 8.27. The van der Waals surface area contributed by atoms with Crippen molar-refractivity contribution in [3.05, 3.63) is 59.9 Å². The van der Waals surface area contributed by atoms with Crippen LogP contribution in [-0.2, 0) is 24.3 Å². The second kappa shape index (κ2) is 10.2. The van der Waals surface area contributed by atoms with Gasteiger partial charge in [-0.3, -0.25) is 9.59 Å². The first-order valence-electron chi connectivity index (χ1n) is 10.9. The molecule has 11 heteroatoms. The number of methoxy groups -OCH3 is 1. The topological polar surface area (TPSA) is 114 Å². The maximum atomic E-state index is 13.2. The molecule has 2 fully saturated rings. The third-order valence-corrected chi connectivity index (χ3v) is 7.47. The molecule has 2 saturated heterocycles. The molecule has 9 nitrogen and oxygen atoms in total. The van der Waals surface area contributed by atoms with E-state index in [0.29, 0.717) is 31.7 Å². The van der Waals surface area contributed by atoms with Crippen LogP contribution in [0.5, 0.6) is 0 Å². The number of carbonyl (C=O) groups is 2. The predicted molar refractivity (Wildman–Crippen MR) is 121 cm³/mol. The van der Waals surface area contributed by atoms with Crippen molar-refractivity contribution >= 4 is 27.5 Å². The van der Waals surface area contributed by atoms with Gasteiger partial charge in [0.05, 0.1) is 17.6 Å². The van der Waals surface area contributed by atoms with Gasteiger partial charge in [0.1, 0.15) is 11.9 Å². The van der Waals surface area contributed by atoms with Crippen LogP contribution in [0.25, 0.3) is 0 Å². The Morgan fingerprint density at radius 2 is 1.82 bits per heavy atom. The van der Waals surface area contributed by atoms with Crippen LogP contribution in [-0.4, -0.2) is 70.2 Å². The van der Waals surface area contributed by atoms with Gasteiger partial charge in [-0.25, -0.2) is 17.5 Å². The van der Waals surface area contributed by atoms with E-state index in [-0.39, 0.29) is 29.1 Å². The Morgan fingerprint density at radius 1 is 1.12 bits per heavy atom. The van der Waals surface area contributed by atoms with E-state index in [9.17, 15) is 22.4 Å². The van der Waals surface area contributed by atoms with Gasteiger partial charge in [-0.1, -0.05) is 0 Å². The van der Waals surface area contributed by atoms with Crippen molar-refractivity contribution in [2.75, 3.05) is 32.2 Å². The van der Waals surface area contributed by atoms with Gasteiger partial charge >= 0.3 is 0 Å². The molecule has 34 heavy (non-hydrogen) atoms. The van der Waals surface area contributed by atoms with Gasteiger partial charge < -0.3 is 19.7 Å². The van der Waals surface area contributed by atoms with Gasteiger partial charge in [-0.15, -0.1) is 0 Å². The summed E-state index contributed by atoms with van der Waals surface area (Å²) in [6.07, 6.45) is 0.595. The van der Waals surface area contributed by atoms with Gasteiger partial charge in [-0.2, -0.15) is 0 Å². The number of halogens is 1. The summed E-state index contributed by atoms with van der Waals surface area (Å²) in [6.45, 7) is 1.08. The quantitative estimate of drug-likeness (QED) is 0.610. The molecule has 0 aliphatic carbocycles. The maximum Gasteiger partial charge on any atom is 0.254 e. The van der Waals surface area contributed by atoms with Crippen LogP contribution in [0.2, 0.25) is 0 Å². The first-order valence-corrected chi connectivity index (χ1v) is 12.4. The van der Waals surface area contributed by atoms with E-state index in [1.165, 1.54) is 60.5 Å². The number of anilines is 1. The fourth-order valence-corrected chi connectivity index (χ4v) is 5.31. The van der Waals surface area contributed by atoms with Gasteiger partial charge in [0.15, 0.2) is 0 Å². The molecule has 0 saturated carbocycles. The Balaban J connectivity index is 1.44. The average Bonchev–Trinajstić information content (AvgIpc) is 3.49. The lowest BCUT2D eigenvalue weighted by Crippen LogP contribution is -2.43. The van der Waals surface area contributed by atoms with Gasteiger partial charge in [0, 0.05) is 44.0 Å². The minimum atomic E-state index is -3.71. The highest BCUT2D eigenvalue weighted by Crippen LogP contribution is 2.25. The summed E-state index contributed by atoms with van der Waals surface area (Å²) in [5, 5.41) is 2.74. The van der Waals surface area contributed by atoms with Gasteiger partial charge in [0.2, 0.25) is 15.9 Å². The number of hydrogen-bond donors (Lipinski definition) is 2. The number of ether oxygens (including phenoxy) is 2. The van der Waals surface area contributed by atoms with E-state index in [1.807, 2.05) is 0 Å². The third kappa shape index (κ3) is 5.44. The zero-order chi connectivity index (χ0) is 24.3. The molecular weight excluding hydrogens is 465 g/mol. The molecule has 0 radical (unpaired) electrons. The first-order chi connectivity index (χ1) is 16.3. The van der Waals surface area contributed by atoms with Crippen LogP contribution in [0.3, 0.4) is 0 Å².